The zero-order valence-corrected chi connectivity index (χ0v) is 15.6. The molecule has 2 aromatic carbocycles. The van der Waals surface area contributed by atoms with Crippen LogP contribution in [0.5, 0.6) is 5.75 Å². The molecular formula is C17H15BrClNO2S. The normalized spacial score (nSPS) is 17.3. The van der Waals surface area contributed by atoms with Gasteiger partial charge in [-0.2, -0.15) is 0 Å². The summed E-state index contributed by atoms with van der Waals surface area (Å²) in [4.78, 5) is 14.7. The second kappa shape index (κ2) is 7.16. The average molecular weight is 413 g/mol. The summed E-state index contributed by atoms with van der Waals surface area (Å²) in [6.07, 6.45) is 0. The third-order valence-electron chi connectivity index (χ3n) is 3.68. The first-order chi connectivity index (χ1) is 11.1. The molecule has 0 aliphatic carbocycles. The summed E-state index contributed by atoms with van der Waals surface area (Å²) in [5.41, 5.74) is 1.70. The lowest BCUT2D eigenvalue weighted by molar-refractivity contribution is 0.0760. The highest BCUT2D eigenvalue weighted by Crippen LogP contribution is 2.41. The van der Waals surface area contributed by atoms with Gasteiger partial charge in [-0.25, -0.2) is 0 Å². The number of methoxy groups -OCH3 is 1. The number of carbonyl (C=O) groups excluding carboxylic acids is 1. The van der Waals surface area contributed by atoms with E-state index in [1.54, 1.807) is 43.1 Å². The minimum absolute atomic E-state index is 0.00341. The van der Waals surface area contributed by atoms with Crippen LogP contribution in [0.3, 0.4) is 0 Å². The van der Waals surface area contributed by atoms with Crippen molar-refractivity contribution in [3.63, 3.8) is 0 Å². The average Bonchev–Trinajstić information content (AvgIpc) is 3.03. The van der Waals surface area contributed by atoms with Crippen molar-refractivity contribution in [2.45, 2.75) is 5.37 Å². The highest BCUT2D eigenvalue weighted by Gasteiger charge is 2.31. The number of rotatable bonds is 3. The molecule has 0 saturated carbocycles. The van der Waals surface area contributed by atoms with Crippen molar-refractivity contribution < 1.29 is 9.53 Å². The van der Waals surface area contributed by atoms with Gasteiger partial charge >= 0.3 is 0 Å². The van der Waals surface area contributed by atoms with Crippen LogP contribution >= 0.6 is 39.3 Å². The van der Waals surface area contributed by atoms with Gasteiger partial charge in [-0.05, 0) is 51.8 Å². The molecular weight excluding hydrogens is 398 g/mol. The first kappa shape index (κ1) is 16.7. The topological polar surface area (TPSA) is 29.5 Å². The number of halogens is 2. The first-order valence-corrected chi connectivity index (χ1v) is 9.33. The molecule has 1 fully saturated rings. The Morgan fingerprint density at radius 2 is 2.17 bits per heavy atom. The first-order valence-electron chi connectivity index (χ1n) is 7.11. The van der Waals surface area contributed by atoms with Gasteiger partial charge in [-0.1, -0.05) is 23.7 Å². The zero-order valence-electron chi connectivity index (χ0n) is 12.5. The van der Waals surface area contributed by atoms with Gasteiger partial charge in [0.05, 0.1) is 11.6 Å². The van der Waals surface area contributed by atoms with Crippen molar-refractivity contribution in [3.05, 3.63) is 63.1 Å². The zero-order chi connectivity index (χ0) is 16.4. The quantitative estimate of drug-likeness (QED) is 0.710. The minimum Gasteiger partial charge on any atom is -0.496 e. The van der Waals surface area contributed by atoms with Crippen molar-refractivity contribution in [1.82, 2.24) is 4.90 Å². The van der Waals surface area contributed by atoms with Gasteiger partial charge < -0.3 is 9.64 Å². The molecule has 0 spiro atoms. The number of hydrogen-bond donors (Lipinski definition) is 0. The number of thioether (sulfide) groups is 1. The Balaban J connectivity index is 1.88. The Morgan fingerprint density at radius 3 is 2.87 bits per heavy atom. The summed E-state index contributed by atoms with van der Waals surface area (Å²) in [7, 11) is 1.64. The Morgan fingerprint density at radius 1 is 1.35 bits per heavy atom. The summed E-state index contributed by atoms with van der Waals surface area (Å²) in [5, 5.41) is 0.579. The molecule has 23 heavy (non-hydrogen) atoms. The maximum atomic E-state index is 12.8. The largest absolute Gasteiger partial charge is 0.496 e. The highest BCUT2D eigenvalue weighted by molar-refractivity contribution is 9.10. The van der Waals surface area contributed by atoms with E-state index >= 15 is 0 Å². The van der Waals surface area contributed by atoms with Gasteiger partial charge in [0.2, 0.25) is 0 Å². The molecule has 120 valence electrons. The molecule has 3 rings (SSSR count). The molecule has 0 aromatic heterocycles. The SMILES string of the molecule is COc1ccc(C2SCCN2C(=O)c2cccc(Cl)c2)cc1Br. The van der Waals surface area contributed by atoms with Gasteiger partial charge in [0.15, 0.2) is 0 Å². The number of hydrogen-bond acceptors (Lipinski definition) is 3. The second-order valence-corrected chi connectivity index (χ2v) is 7.60. The smallest absolute Gasteiger partial charge is 0.255 e. The Hall–Kier alpha value is -1.17. The standard InChI is InChI=1S/C17H15BrClNO2S/c1-22-15-6-5-12(10-14(15)18)17-20(7-8-23-17)16(21)11-3-2-4-13(19)9-11/h2-6,9-10,17H,7-8H2,1H3. The molecule has 1 aliphatic heterocycles. The Bertz CT molecular complexity index is 740. The number of amides is 1. The molecule has 0 radical (unpaired) electrons. The van der Waals surface area contributed by atoms with E-state index < -0.39 is 0 Å². The molecule has 1 saturated heterocycles. The van der Waals surface area contributed by atoms with E-state index in [0.29, 0.717) is 10.6 Å². The predicted octanol–water partition coefficient (Wildman–Crippen LogP) is 5.00. The Labute approximate surface area is 153 Å². The highest BCUT2D eigenvalue weighted by atomic mass is 79.9. The van der Waals surface area contributed by atoms with E-state index in [0.717, 1.165) is 28.1 Å². The molecule has 2 aromatic rings. The van der Waals surface area contributed by atoms with Crippen molar-refractivity contribution in [3.8, 4) is 5.75 Å². The monoisotopic (exact) mass is 411 g/mol. The summed E-state index contributed by atoms with van der Waals surface area (Å²) >= 11 is 11.3. The van der Waals surface area contributed by atoms with Crippen LogP contribution < -0.4 is 4.74 Å². The fourth-order valence-electron chi connectivity index (χ4n) is 2.58. The minimum atomic E-state index is 0.00341. The third-order valence-corrected chi connectivity index (χ3v) is 5.80. The number of carbonyl (C=O) groups is 1. The van der Waals surface area contributed by atoms with Crippen molar-refractivity contribution in [2.75, 3.05) is 19.4 Å². The molecule has 0 N–H and O–H groups in total. The van der Waals surface area contributed by atoms with E-state index in [2.05, 4.69) is 15.9 Å². The van der Waals surface area contributed by atoms with Crippen molar-refractivity contribution in [1.29, 1.82) is 0 Å². The molecule has 1 heterocycles. The molecule has 1 amide bonds. The maximum absolute atomic E-state index is 12.8. The van der Waals surface area contributed by atoms with Crippen LogP contribution in [0.4, 0.5) is 0 Å². The predicted molar refractivity (Wildman–Crippen MR) is 98.4 cm³/mol. The van der Waals surface area contributed by atoms with Gasteiger partial charge in [-0.3, -0.25) is 4.79 Å². The molecule has 6 heteroatoms. The lowest BCUT2D eigenvalue weighted by Crippen LogP contribution is -2.30. The van der Waals surface area contributed by atoms with Crippen molar-refractivity contribution in [2.24, 2.45) is 0 Å². The molecule has 3 nitrogen and oxygen atoms in total. The fraction of sp³-hybridized carbons (Fsp3) is 0.235. The van der Waals surface area contributed by atoms with Crippen LogP contribution in [-0.4, -0.2) is 30.2 Å². The van der Waals surface area contributed by atoms with E-state index in [-0.39, 0.29) is 11.3 Å². The van der Waals surface area contributed by atoms with Gasteiger partial charge in [0.1, 0.15) is 11.1 Å². The second-order valence-electron chi connectivity index (χ2n) is 5.13. The molecule has 1 unspecified atom stereocenters. The van der Waals surface area contributed by atoms with Crippen LogP contribution in [0.2, 0.25) is 5.02 Å². The van der Waals surface area contributed by atoms with Crippen LogP contribution in [-0.2, 0) is 0 Å². The Kier molecular flexibility index (Phi) is 5.19. The van der Waals surface area contributed by atoms with Gasteiger partial charge in [-0.15, -0.1) is 11.8 Å². The van der Waals surface area contributed by atoms with Crippen molar-refractivity contribution >= 4 is 45.2 Å². The van der Waals surface area contributed by atoms with Crippen LogP contribution in [0.15, 0.2) is 46.9 Å². The van der Waals surface area contributed by atoms with Gasteiger partial charge in [0.25, 0.3) is 5.91 Å². The number of benzene rings is 2. The fourth-order valence-corrected chi connectivity index (χ4v) is 4.57. The molecule has 1 aliphatic rings. The molecule has 1 atom stereocenters. The van der Waals surface area contributed by atoms with Crippen LogP contribution in [0.25, 0.3) is 0 Å². The van der Waals surface area contributed by atoms with E-state index in [1.165, 1.54) is 0 Å². The number of nitrogens with zero attached hydrogens (tertiary/aromatic N) is 1. The lowest BCUT2D eigenvalue weighted by atomic mass is 10.1. The number of ether oxygens (including phenoxy) is 1. The molecule has 0 bridgehead atoms. The van der Waals surface area contributed by atoms with E-state index in [4.69, 9.17) is 16.3 Å². The summed E-state index contributed by atoms with van der Waals surface area (Å²) < 4.78 is 6.16. The summed E-state index contributed by atoms with van der Waals surface area (Å²) in [5.74, 6) is 1.71. The maximum Gasteiger partial charge on any atom is 0.255 e. The summed E-state index contributed by atoms with van der Waals surface area (Å²) in [6.45, 7) is 0.727. The lowest BCUT2D eigenvalue weighted by Gasteiger charge is -2.24. The summed E-state index contributed by atoms with van der Waals surface area (Å²) in [6, 6.07) is 13.0. The van der Waals surface area contributed by atoms with E-state index in [1.807, 2.05) is 23.1 Å². The van der Waals surface area contributed by atoms with Gasteiger partial charge in [0, 0.05) is 22.9 Å². The van der Waals surface area contributed by atoms with Crippen LogP contribution in [0, 0.1) is 0 Å². The van der Waals surface area contributed by atoms with Crippen LogP contribution in [0.1, 0.15) is 21.3 Å². The third kappa shape index (κ3) is 3.52. The van der Waals surface area contributed by atoms with E-state index in [9.17, 15) is 4.79 Å².